The Bertz CT molecular complexity index is 1080. The van der Waals surface area contributed by atoms with E-state index in [0.29, 0.717) is 11.5 Å². The van der Waals surface area contributed by atoms with Crippen molar-refractivity contribution < 1.29 is 8.78 Å². The van der Waals surface area contributed by atoms with Crippen molar-refractivity contribution in [1.29, 1.82) is 0 Å². The van der Waals surface area contributed by atoms with E-state index in [4.69, 9.17) is 11.6 Å². The second kappa shape index (κ2) is 8.56. The lowest BCUT2D eigenvalue weighted by molar-refractivity contribution is 0.386. The smallest absolute Gasteiger partial charge is 0.146 e. The number of halogens is 3. The summed E-state index contributed by atoms with van der Waals surface area (Å²) in [4.78, 5) is 0. The predicted octanol–water partition coefficient (Wildman–Crippen LogP) is 7.66. The van der Waals surface area contributed by atoms with Crippen LogP contribution in [0.4, 0.5) is 8.78 Å². The van der Waals surface area contributed by atoms with Crippen molar-refractivity contribution in [2.24, 2.45) is 5.92 Å². The molecule has 0 fully saturated rings. The third kappa shape index (κ3) is 4.02. The van der Waals surface area contributed by atoms with E-state index in [2.05, 4.69) is 55.2 Å². The van der Waals surface area contributed by atoms with Crippen molar-refractivity contribution in [1.82, 2.24) is 0 Å². The third-order valence-corrected chi connectivity index (χ3v) is 6.29. The SMILES string of the molecule is CCCC[C@@H]1CCc2c(ccc3ccccc23)[C@H]1C#Cc1cc(F)c(Cl)c(F)c1. The topological polar surface area (TPSA) is 0 Å². The first-order valence-corrected chi connectivity index (χ1v) is 10.6. The van der Waals surface area contributed by atoms with Gasteiger partial charge in [0.1, 0.15) is 16.7 Å². The van der Waals surface area contributed by atoms with Gasteiger partial charge in [-0.25, -0.2) is 8.78 Å². The van der Waals surface area contributed by atoms with E-state index in [-0.39, 0.29) is 5.92 Å². The van der Waals surface area contributed by atoms with Crippen LogP contribution in [0.1, 0.15) is 55.2 Å². The Hall–Kier alpha value is -2.37. The maximum Gasteiger partial charge on any atom is 0.146 e. The molecule has 148 valence electrons. The van der Waals surface area contributed by atoms with Gasteiger partial charge in [-0.15, -0.1) is 0 Å². The first-order chi connectivity index (χ1) is 14.1. The van der Waals surface area contributed by atoms with Gasteiger partial charge in [-0.2, -0.15) is 0 Å². The average molecular weight is 409 g/mol. The zero-order chi connectivity index (χ0) is 20.4. The fraction of sp³-hybridized carbons (Fsp3) is 0.308. The minimum Gasteiger partial charge on any atom is -0.205 e. The molecule has 0 unspecified atom stereocenters. The maximum atomic E-state index is 13.8. The summed E-state index contributed by atoms with van der Waals surface area (Å²) in [6.07, 6.45) is 5.56. The molecule has 4 rings (SSSR count). The molecule has 0 saturated carbocycles. The number of fused-ring (bicyclic) bond motifs is 3. The van der Waals surface area contributed by atoms with E-state index in [1.165, 1.54) is 34.0 Å². The number of aryl methyl sites for hydroxylation is 1. The van der Waals surface area contributed by atoms with Gasteiger partial charge in [0.25, 0.3) is 0 Å². The van der Waals surface area contributed by atoms with Crippen LogP contribution in [-0.4, -0.2) is 0 Å². The van der Waals surface area contributed by atoms with Gasteiger partial charge in [-0.3, -0.25) is 0 Å². The molecule has 0 aliphatic heterocycles. The van der Waals surface area contributed by atoms with E-state index in [9.17, 15) is 8.78 Å². The summed E-state index contributed by atoms with van der Waals surface area (Å²) in [6, 6.07) is 15.2. The van der Waals surface area contributed by atoms with Gasteiger partial charge in [-0.1, -0.05) is 79.6 Å². The van der Waals surface area contributed by atoms with Crippen LogP contribution in [0.5, 0.6) is 0 Å². The molecule has 0 radical (unpaired) electrons. The van der Waals surface area contributed by atoms with Crippen LogP contribution >= 0.6 is 11.6 Å². The molecule has 3 aromatic rings. The van der Waals surface area contributed by atoms with E-state index >= 15 is 0 Å². The van der Waals surface area contributed by atoms with E-state index in [1.807, 2.05) is 0 Å². The van der Waals surface area contributed by atoms with Gasteiger partial charge in [0.15, 0.2) is 0 Å². The van der Waals surface area contributed by atoms with E-state index in [1.54, 1.807) is 0 Å². The lowest BCUT2D eigenvalue weighted by Crippen LogP contribution is -2.20. The van der Waals surface area contributed by atoms with Gasteiger partial charge in [0.2, 0.25) is 0 Å². The number of hydrogen-bond acceptors (Lipinski definition) is 0. The molecule has 0 heterocycles. The summed E-state index contributed by atoms with van der Waals surface area (Å²) in [5.41, 5.74) is 2.95. The molecular formula is C26H23ClF2. The maximum absolute atomic E-state index is 13.8. The Balaban J connectivity index is 1.78. The lowest BCUT2D eigenvalue weighted by atomic mass is 9.72. The molecule has 0 N–H and O–H groups in total. The monoisotopic (exact) mass is 408 g/mol. The van der Waals surface area contributed by atoms with E-state index < -0.39 is 16.7 Å². The van der Waals surface area contributed by atoms with Gasteiger partial charge in [0, 0.05) is 11.5 Å². The molecule has 3 aromatic carbocycles. The first kappa shape index (κ1) is 19.9. The summed E-state index contributed by atoms with van der Waals surface area (Å²) in [5, 5.41) is 2.05. The molecule has 0 amide bonds. The highest BCUT2D eigenvalue weighted by atomic mass is 35.5. The lowest BCUT2D eigenvalue weighted by Gasteiger charge is -2.31. The van der Waals surface area contributed by atoms with Crippen LogP contribution in [0.15, 0.2) is 48.5 Å². The fourth-order valence-electron chi connectivity index (χ4n) is 4.44. The summed E-state index contributed by atoms with van der Waals surface area (Å²) in [6.45, 7) is 2.20. The van der Waals surface area contributed by atoms with Crippen LogP contribution in [-0.2, 0) is 6.42 Å². The number of rotatable bonds is 3. The molecule has 0 nitrogen and oxygen atoms in total. The largest absolute Gasteiger partial charge is 0.205 e. The van der Waals surface area contributed by atoms with Crippen LogP contribution in [0, 0.1) is 29.4 Å². The Labute approximate surface area is 175 Å². The summed E-state index contributed by atoms with van der Waals surface area (Å²) in [5.74, 6) is 5.38. The molecular weight excluding hydrogens is 386 g/mol. The van der Waals surface area contributed by atoms with Crippen LogP contribution in [0.2, 0.25) is 5.02 Å². The highest BCUT2D eigenvalue weighted by molar-refractivity contribution is 6.30. The Morgan fingerprint density at radius 2 is 1.83 bits per heavy atom. The first-order valence-electron chi connectivity index (χ1n) is 10.2. The Morgan fingerprint density at radius 3 is 2.59 bits per heavy atom. The van der Waals surface area contributed by atoms with E-state index in [0.717, 1.165) is 32.1 Å². The minimum absolute atomic E-state index is 0.0664. The highest BCUT2D eigenvalue weighted by Crippen LogP contribution is 2.41. The van der Waals surface area contributed by atoms with Gasteiger partial charge in [0.05, 0.1) is 0 Å². The van der Waals surface area contributed by atoms with Crippen molar-refractivity contribution in [3.63, 3.8) is 0 Å². The zero-order valence-electron chi connectivity index (χ0n) is 16.4. The summed E-state index contributed by atoms with van der Waals surface area (Å²) >= 11 is 5.60. The molecule has 3 heteroatoms. The fourth-order valence-corrected chi connectivity index (χ4v) is 4.54. The summed E-state index contributed by atoms with van der Waals surface area (Å²) in [7, 11) is 0. The molecule has 1 aliphatic carbocycles. The molecule has 0 spiro atoms. The minimum atomic E-state index is -0.770. The predicted molar refractivity (Wildman–Crippen MR) is 116 cm³/mol. The average Bonchev–Trinajstić information content (AvgIpc) is 2.74. The van der Waals surface area contributed by atoms with Crippen LogP contribution in [0.25, 0.3) is 10.8 Å². The number of hydrogen-bond donors (Lipinski definition) is 0. The van der Waals surface area contributed by atoms with Crippen LogP contribution in [0.3, 0.4) is 0 Å². The molecule has 29 heavy (non-hydrogen) atoms. The zero-order valence-corrected chi connectivity index (χ0v) is 17.2. The van der Waals surface area contributed by atoms with Gasteiger partial charge in [-0.05, 0) is 59.2 Å². The van der Waals surface area contributed by atoms with Crippen molar-refractivity contribution >= 4 is 22.4 Å². The van der Waals surface area contributed by atoms with Gasteiger partial charge < -0.3 is 0 Å². The second-order valence-corrected chi connectivity index (χ2v) is 8.17. The third-order valence-electron chi connectivity index (χ3n) is 5.93. The Morgan fingerprint density at radius 1 is 1.07 bits per heavy atom. The molecule has 0 aromatic heterocycles. The highest BCUT2D eigenvalue weighted by Gasteiger charge is 2.29. The number of benzene rings is 3. The second-order valence-electron chi connectivity index (χ2n) is 7.80. The van der Waals surface area contributed by atoms with Crippen molar-refractivity contribution in [2.75, 3.05) is 0 Å². The number of unbranched alkanes of at least 4 members (excludes halogenated alkanes) is 1. The van der Waals surface area contributed by atoms with Crippen molar-refractivity contribution in [3.8, 4) is 11.8 Å². The van der Waals surface area contributed by atoms with Crippen molar-refractivity contribution in [3.05, 3.63) is 81.9 Å². The van der Waals surface area contributed by atoms with Gasteiger partial charge >= 0.3 is 0 Å². The van der Waals surface area contributed by atoms with Crippen LogP contribution < -0.4 is 0 Å². The summed E-state index contributed by atoms with van der Waals surface area (Å²) < 4.78 is 27.6. The molecule has 2 atom stereocenters. The standard InChI is InChI=1S/C26H23ClF2/c1-2-3-6-18-10-13-22-20-8-5-4-7-19(20)11-14-23(22)21(18)12-9-17-15-24(28)26(27)25(29)16-17/h4-5,7-8,11,14-16,18,21H,2-3,6,10,13H2,1H3/t18-,21+/m1/s1. The normalized spacial score (nSPS) is 18.2. The Kier molecular flexibility index (Phi) is 5.88. The molecule has 0 saturated heterocycles. The van der Waals surface area contributed by atoms with Crippen molar-refractivity contribution in [2.45, 2.75) is 44.9 Å². The molecule has 0 bridgehead atoms. The molecule has 1 aliphatic rings. The quantitative estimate of drug-likeness (QED) is 0.308.